The summed E-state index contributed by atoms with van der Waals surface area (Å²) in [6, 6.07) is 0. The molecule has 0 aromatic carbocycles. The van der Waals surface area contributed by atoms with Crippen LogP contribution in [0.25, 0.3) is 0 Å². The molecule has 1 heterocycles. The Balaban J connectivity index is 2.37. The summed E-state index contributed by atoms with van der Waals surface area (Å²) in [6.07, 6.45) is 4.19. The van der Waals surface area contributed by atoms with E-state index in [1.54, 1.807) is 0 Å². The first-order valence-corrected chi connectivity index (χ1v) is 6.52. The third-order valence-corrected chi connectivity index (χ3v) is 4.08. The van der Waals surface area contributed by atoms with Crippen molar-refractivity contribution in [3.05, 3.63) is 0 Å². The Morgan fingerprint density at radius 2 is 1.88 bits per heavy atom. The summed E-state index contributed by atoms with van der Waals surface area (Å²) < 4.78 is 0. The minimum Gasteiger partial charge on any atom is -0.481 e. The molecule has 1 N–H and O–H groups in total. The summed E-state index contributed by atoms with van der Waals surface area (Å²) in [4.78, 5) is 13.3. The van der Waals surface area contributed by atoms with Gasteiger partial charge in [-0.2, -0.15) is 0 Å². The highest BCUT2D eigenvalue weighted by Gasteiger charge is 2.40. The Kier molecular flexibility index (Phi) is 4.78. The Labute approximate surface area is 98.8 Å². The van der Waals surface area contributed by atoms with Crippen molar-refractivity contribution in [1.29, 1.82) is 0 Å². The summed E-state index contributed by atoms with van der Waals surface area (Å²) >= 11 is 0. The molecule has 1 rings (SSSR count). The van der Waals surface area contributed by atoms with E-state index in [-0.39, 0.29) is 5.92 Å². The van der Waals surface area contributed by atoms with E-state index >= 15 is 0 Å². The number of hydrogen-bond donors (Lipinski definition) is 1. The normalized spacial score (nSPS) is 21.4. The van der Waals surface area contributed by atoms with Gasteiger partial charge in [0.1, 0.15) is 0 Å². The molecule has 0 saturated carbocycles. The van der Waals surface area contributed by atoms with Crippen LogP contribution in [-0.4, -0.2) is 35.6 Å². The Morgan fingerprint density at radius 1 is 1.31 bits per heavy atom. The van der Waals surface area contributed by atoms with Gasteiger partial charge in [0.2, 0.25) is 0 Å². The highest BCUT2D eigenvalue weighted by atomic mass is 16.4. The van der Waals surface area contributed by atoms with Crippen LogP contribution in [0, 0.1) is 11.3 Å². The van der Waals surface area contributed by atoms with Gasteiger partial charge in [-0.3, -0.25) is 4.79 Å². The van der Waals surface area contributed by atoms with Crippen LogP contribution in [0.4, 0.5) is 0 Å². The lowest BCUT2D eigenvalue weighted by Gasteiger charge is -2.50. The minimum atomic E-state index is -0.632. The van der Waals surface area contributed by atoms with Gasteiger partial charge in [0.15, 0.2) is 0 Å². The largest absolute Gasteiger partial charge is 0.481 e. The van der Waals surface area contributed by atoms with Crippen LogP contribution in [0.5, 0.6) is 0 Å². The third-order valence-electron chi connectivity index (χ3n) is 4.08. The molecule has 16 heavy (non-hydrogen) atoms. The van der Waals surface area contributed by atoms with Crippen LogP contribution in [0.3, 0.4) is 0 Å². The second-order valence-corrected chi connectivity index (χ2v) is 5.20. The molecular weight excluding hydrogens is 202 g/mol. The first-order valence-electron chi connectivity index (χ1n) is 6.52. The van der Waals surface area contributed by atoms with Crippen molar-refractivity contribution in [2.45, 2.75) is 46.5 Å². The van der Waals surface area contributed by atoms with Crippen molar-refractivity contribution in [3.8, 4) is 0 Å². The van der Waals surface area contributed by atoms with Crippen LogP contribution in [-0.2, 0) is 4.79 Å². The van der Waals surface area contributed by atoms with E-state index < -0.39 is 5.97 Å². The smallest absolute Gasteiger partial charge is 0.307 e. The van der Waals surface area contributed by atoms with Crippen molar-refractivity contribution in [2.75, 3.05) is 19.6 Å². The van der Waals surface area contributed by atoms with Crippen LogP contribution in [0.15, 0.2) is 0 Å². The molecule has 0 amide bonds. The maximum Gasteiger partial charge on any atom is 0.307 e. The van der Waals surface area contributed by atoms with Crippen LogP contribution in [0.2, 0.25) is 0 Å². The molecule has 0 aromatic rings. The van der Waals surface area contributed by atoms with Gasteiger partial charge in [-0.15, -0.1) is 0 Å². The lowest BCUT2D eigenvalue weighted by Crippen LogP contribution is -2.57. The fourth-order valence-corrected chi connectivity index (χ4v) is 2.68. The van der Waals surface area contributed by atoms with E-state index in [9.17, 15) is 4.79 Å². The average Bonchev–Trinajstić information content (AvgIpc) is 2.21. The molecule has 94 valence electrons. The maximum atomic E-state index is 11.0. The quantitative estimate of drug-likeness (QED) is 0.727. The first-order chi connectivity index (χ1) is 7.56. The molecule has 1 saturated heterocycles. The van der Waals surface area contributed by atoms with Gasteiger partial charge in [-0.1, -0.05) is 27.2 Å². The third kappa shape index (κ3) is 2.97. The average molecular weight is 227 g/mol. The summed E-state index contributed by atoms with van der Waals surface area (Å²) in [5.74, 6) is -0.802. The van der Waals surface area contributed by atoms with E-state index in [2.05, 4.69) is 25.7 Å². The van der Waals surface area contributed by atoms with Crippen molar-refractivity contribution in [1.82, 2.24) is 4.90 Å². The molecule has 0 radical (unpaired) electrons. The minimum absolute atomic E-state index is 0.170. The standard InChI is InChI=1S/C13H25NO2/c1-4-7-11(12(15)16)8-14-9-13(5-2,6-3)10-14/h11H,4-10H2,1-3H3,(H,15,16). The molecule has 1 aliphatic heterocycles. The number of rotatable bonds is 7. The molecule has 1 atom stereocenters. The Hall–Kier alpha value is -0.570. The highest BCUT2D eigenvalue weighted by molar-refractivity contribution is 5.70. The molecule has 0 aromatic heterocycles. The number of carbonyl (C=O) groups is 1. The van der Waals surface area contributed by atoms with Crippen molar-refractivity contribution in [2.24, 2.45) is 11.3 Å². The summed E-state index contributed by atoms with van der Waals surface area (Å²) in [5.41, 5.74) is 0.481. The van der Waals surface area contributed by atoms with Crippen LogP contribution >= 0.6 is 0 Å². The predicted molar refractivity (Wildman–Crippen MR) is 65.5 cm³/mol. The second-order valence-electron chi connectivity index (χ2n) is 5.20. The Morgan fingerprint density at radius 3 is 2.25 bits per heavy atom. The molecule has 0 spiro atoms. The van der Waals surface area contributed by atoms with E-state index in [0.29, 0.717) is 5.41 Å². The predicted octanol–water partition coefficient (Wildman–Crippen LogP) is 2.61. The molecular formula is C13H25NO2. The van der Waals surface area contributed by atoms with Crippen LogP contribution in [0.1, 0.15) is 46.5 Å². The van der Waals surface area contributed by atoms with Crippen molar-refractivity contribution in [3.63, 3.8) is 0 Å². The molecule has 1 aliphatic rings. The van der Waals surface area contributed by atoms with Crippen molar-refractivity contribution < 1.29 is 9.90 Å². The lowest BCUT2D eigenvalue weighted by molar-refractivity contribution is -0.144. The van der Waals surface area contributed by atoms with Crippen molar-refractivity contribution >= 4 is 5.97 Å². The van der Waals surface area contributed by atoms with Crippen LogP contribution < -0.4 is 0 Å². The number of nitrogens with zero attached hydrogens (tertiary/aromatic N) is 1. The molecule has 3 nitrogen and oxygen atoms in total. The zero-order valence-electron chi connectivity index (χ0n) is 10.8. The number of likely N-dealkylation sites (tertiary alicyclic amines) is 1. The fourth-order valence-electron chi connectivity index (χ4n) is 2.68. The van der Waals surface area contributed by atoms with Gasteiger partial charge >= 0.3 is 5.97 Å². The van der Waals surface area contributed by atoms with Gasteiger partial charge in [-0.05, 0) is 24.7 Å². The maximum absolute atomic E-state index is 11.0. The van der Waals surface area contributed by atoms with E-state index in [1.165, 1.54) is 12.8 Å². The summed E-state index contributed by atoms with van der Waals surface area (Å²) in [6.45, 7) is 9.45. The fraction of sp³-hybridized carbons (Fsp3) is 0.923. The lowest BCUT2D eigenvalue weighted by atomic mass is 9.75. The number of carboxylic acids is 1. The van der Waals surface area contributed by atoms with E-state index in [0.717, 1.165) is 32.5 Å². The van der Waals surface area contributed by atoms with Gasteiger partial charge < -0.3 is 10.0 Å². The van der Waals surface area contributed by atoms with E-state index in [4.69, 9.17) is 5.11 Å². The SMILES string of the molecule is CCCC(CN1CC(CC)(CC)C1)C(=O)O. The number of hydrogen-bond acceptors (Lipinski definition) is 2. The first kappa shape index (κ1) is 13.5. The summed E-state index contributed by atoms with van der Waals surface area (Å²) in [7, 11) is 0. The molecule has 3 heteroatoms. The molecule has 1 unspecified atom stereocenters. The van der Waals surface area contributed by atoms with E-state index in [1.807, 2.05) is 0 Å². The Bertz CT molecular complexity index is 228. The zero-order valence-corrected chi connectivity index (χ0v) is 10.8. The topological polar surface area (TPSA) is 40.5 Å². The second kappa shape index (κ2) is 5.67. The summed E-state index contributed by atoms with van der Waals surface area (Å²) in [5, 5.41) is 9.09. The van der Waals surface area contributed by atoms with Gasteiger partial charge in [0, 0.05) is 19.6 Å². The molecule has 0 bridgehead atoms. The van der Waals surface area contributed by atoms with Gasteiger partial charge in [0.05, 0.1) is 5.92 Å². The molecule has 0 aliphatic carbocycles. The number of aliphatic carboxylic acids is 1. The highest BCUT2D eigenvalue weighted by Crippen LogP contribution is 2.37. The number of carboxylic acid groups (broad SMARTS) is 1. The van der Waals surface area contributed by atoms with Gasteiger partial charge in [0.25, 0.3) is 0 Å². The molecule has 1 fully saturated rings. The zero-order chi connectivity index (χ0) is 12.2. The monoisotopic (exact) mass is 227 g/mol. The van der Waals surface area contributed by atoms with Gasteiger partial charge in [-0.25, -0.2) is 0 Å².